The van der Waals surface area contributed by atoms with E-state index in [0.29, 0.717) is 24.6 Å². The lowest BCUT2D eigenvalue weighted by Gasteiger charge is -2.28. The van der Waals surface area contributed by atoms with Crippen molar-refractivity contribution in [2.45, 2.75) is 0 Å². The first-order valence-electron chi connectivity index (χ1n) is 11.3. The van der Waals surface area contributed by atoms with E-state index in [1.54, 1.807) is 23.5 Å². The van der Waals surface area contributed by atoms with E-state index in [9.17, 15) is 4.79 Å². The van der Waals surface area contributed by atoms with Crippen LogP contribution in [0.5, 0.6) is 0 Å². The minimum Gasteiger partial charge on any atom is -0.378 e. The molecule has 176 valence electrons. The van der Waals surface area contributed by atoms with Gasteiger partial charge in [0.25, 0.3) is 0 Å². The van der Waals surface area contributed by atoms with Crippen LogP contribution in [0, 0.1) is 0 Å². The molecule has 9 nitrogen and oxygen atoms in total. The number of benzene rings is 2. The summed E-state index contributed by atoms with van der Waals surface area (Å²) in [5.74, 6) is 1.12. The maximum Gasteiger partial charge on any atom is 0.248 e. The Kier molecular flexibility index (Phi) is 5.31. The average molecular weight is 486 g/mol. The molecule has 10 heteroatoms. The number of aromatic nitrogens is 4. The molecule has 1 amide bonds. The lowest BCUT2D eigenvalue weighted by Crippen LogP contribution is -2.36. The Hall–Kier alpha value is -4.02. The molecule has 4 heterocycles. The third-order valence-electron chi connectivity index (χ3n) is 6.23. The molecule has 1 aliphatic heterocycles. The molecule has 0 saturated carbocycles. The van der Waals surface area contributed by atoms with Crippen LogP contribution in [0.1, 0.15) is 10.4 Å². The molecule has 0 spiro atoms. The van der Waals surface area contributed by atoms with Gasteiger partial charge in [0, 0.05) is 42.3 Å². The van der Waals surface area contributed by atoms with Gasteiger partial charge in [-0.3, -0.25) is 9.89 Å². The first kappa shape index (κ1) is 21.5. The summed E-state index contributed by atoms with van der Waals surface area (Å²) in [4.78, 5) is 26.0. The summed E-state index contributed by atoms with van der Waals surface area (Å²) in [6.07, 6.45) is 1.81. The van der Waals surface area contributed by atoms with Crippen molar-refractivity contribution in [1.29, 1.82) is 0 Å². The quantitative estimate of drug-likeness (QED) is 0.388. The number of rotatable bonds is 5. The van der Waals surface area contributed by atoms with Gasteiger partial charge in [0.2, 0.25) is 5.91 Å². The Morgan fingerprint density at radius 3 is 2.80 bits per heavy atom. The molecule has 0 atom stereocenters. The number of morpholine rings is 1. The molecular formula is C25H23N7O2S. The van der Waals surface area contributed by atoms with Gasteiger partial charge in [0.05, 0.1) is 40.1 Å². The van der Waals surface area contributed by atoms with Crippen molar-refractivity contribution >= 4 is 54.9 Å². The van der Waals surface area contributed by atoms with E-state index < -0.39 is 5.91 Å². The van der Waals surface area contributed by atoms with Gasteiger partial charge in [-0.25, -0.2) is 9.97 Å². The van der Waals surface area contributed by atoms with Gasteiger partial charge in [-0.05, 0) is 30.3 Å². The number of carbonyl (C=O) groups is 1. The Bertz CT molecular complexity index is 1550. The first-order chi connectivity index (χ1) is 17.1. The number of carbonyl (C=O) groups excluding carboxylic acids is 1. The summed E-state index contributed by atoms with van der Waals surface area (Å²) >= 11 is 1.63. The normalized spacial score (nSPS) is 14.0. The van der Waals surface area contributed by atoms with Gasteiger partial charge < -0.3 is 20.3 Å². The Balaban J connectivity index is 1.50. The lowest BCUT2D eigenvalue weighted by atomic mass is 10.1. The van der Waals surface area contributed by atoms with E-state index in [1.807, 2.05) is 48.5 Å². The van der Waals surface area contributed by atoms with Crippen molar-refractivity contribution in [1.82, 2.24) is 20.2 Å². The zero-order valence-corrected chi connectivity index (χ0v) is 19.9. The number of amides is 1. The summed E-state index contributed by atoms with van der Waals surface area (Å²) < 4.78 is 6.60. The van der Waals surface area contributed by atoms with Crippen molar-refractivity contribution in [3.8, 4) is 11.4 Å². The van der Waals surface area contributed by atoms with Gasteiger partial charge in [0.1, 0.15) is 0 Å². The standard InChI is InChI=1S/C25H23N7O2S/c1-31(16-5-2-4-15(12-16)23(26)33)21-13-20-22(35-21)25(32-8-10-34-11-9-32)29-24(28-20)17-6-3-7-19-18(17)14-27-30-19/h2-7,12-14H,8-11H2,1H3,(H2,26,33)(H,27,30). The fraction of sp³-hybridized carbons (Fsp3) is 0.200. The topological polar surface area (TPSA) is 113 Å². The molecule has 35 heavy (non-hydrogen) atoms. The van der Waals surface area contributed by atoms with Crippen molar-refractivity contribution in [3.05, 3.63) is 60.3 Å². The molecule has 0 unspecified atom stereocenters. The van der Waals surface area contributed by atoms with Crippen molar-refractivity contribution in [2.24, 2.45) is 5.73 Å². The van der Waals surface area contributed by atoms with Crippen LogP contribution in [0.4, 0.5) is 16.5 Å². The summed E-state index contributed by atoms with van der Waals surface area (Å²) in [5.41, 5.74) is 9.58. The SMILES string of the molecule is CN(c1cccc(C(N)=O)c1)c1cc2nc(-c3cccc4[nH]ncc34)nc(N3CCOCC3)c2s1. The predicted octanol–water partition coefficient (Wildman–Crippen LogP) is 3.94. The number of aromatic amines is 1. The van der Waals surface area contributed by atoms with Crippen LogP contribution in [0.25, 0.3) is 32.5 Å². The molecule has 1 saturated heterocycles. The Morgan fingerprint density at radius 1 is 1.14 bits per heavy atom. The number of fused-ring (bicyclic) bond motifs is 2. The van der Waals surface area contributed by atoms with Crippen LogP contribution >= 0.6 is 11.3 Å². The fourth-order valence-corrected chi connectivity index (χ4v) is 5.43. The molecule has 0 radical (unpaired) electrons. The number of anilines is 3. The van der Waals surface area contributed by atoms with Gasteiger partial charge >= 0.3 is 0 Å². The molecular weight excluding hydrogens is 462 g/mol. The maximum atomic E-state index is 11.7. The van der Waals surface area contributed by atoms with E-state index in [-0.39, 0.29) is 0 Å². The monoisotopic (exact) mass is 485 g/mol. The van der Waals surface area contributed by atoms with Crippen LogP contribution in [-0.4, -0.2) is 59.4 Å². The Labute approximate surface area is 205 Å². The molecule has 0 bridgehead atoms. The van der Waals surface area contributed by atoms with Crippen molar-refractivity contribution in [3.63, 3.8) is 0 Å². The number of nitrogens with zero attached hydrogens (tertiary/aromatic N) is 5. The van der Waals surface area contributed by atoms with Crippen LogP contribution in [0.2, 0.25) is 0 Å². The van der Waals surface area contributed by atoms with Gasteiger partial charge in [0.15, 0.2) is 11.6 Å². The molecule has 2 aromatic carbocycles. The number of H-pyrrole nitrogens is 1. The van der Waals surface area contributed by atoms with E-state index in [0.717, 1.165) is 56.3 Å². The largest absolute Gasteiger partial charge is 0.378 e. The second-order valence-corrected chi connectivity index (χ2v) is 9.41. The van der Waals surface area contributed by atoms with Crippen LogP contribution in [0.15, 0.2) is 54.7 Å². The molecule has 1 fully saturated rings. The summed E-state index contributed by atoms with van der Waals surface area (Å²) in [6.45, 7) is 2.86. The summed E-state index contributed by atoms with van der Waals surface area (Å²) in [5, 5.41) is 9.19. The second kappa shape index (κ2) is 8.64. The van der Waals surface area contributed by atoms with Gasteiger partial charge in [-0.15, -0.1) is 11.3 Å². The average Bonchev–Trinajstić information content (AvgIpc) is 3.55. The van der Waals surface area contributed by atoms with Crippen molar-refractivity contribution in [2.75, 3.05) is 43.2 Å². The summed E-state index contributed by atoms with van der Waals surface area (Å²) in [6, 6.07) is 15.4. The van der Waals surface area contributed by atoms with Gasteiger partial charge in [-0.1, -0.05) is 18.2 Å². The second-order valence-electron chi connectivity index (χ2n) is 8.38. The minimum absolute atomic E-state index is 0.449. The van der Waals surface area contributed by atoms with Crippen molar-refractivity contribution < 1.29 is 9.53 Å². The number of thiophene rings is 1. The number of nitrogens with two attached hydrogens (primary N) is 1. The molecule has 6 rings (SSSR count). The van der Waals surface area contributed by atoms with Crippen LogP contribution in [-0.2, 0) is 4.74 Å². The third-order valence-corrected chi connectivity index (χ3v) is 7.42. The number of hydrogen-bond acceptors (Lipinski definition) is 8. The maximum absolute atomic E-state index is 11.7. The molecule has 1 aliphatic rings. The van der Waals surface area contributed by atoms with E-state index in [2.05, 4.69) is 21.2 Å². The highest BCUT2D eigenvalue weighted by Crippen LogP contribution is 2.40. The highest BCUT2D eigenvalue weighted by molar-refractivity contribution is 7.23. The number of primary amides is 1. The smallest absolute Gasteiger partial charge is 0.248 e. The number of hydrogen-bond donors (Lipinski definition) is 2. The van der Waals surface area contributed by atoms with Gasteiger partial charge in [-0.2, -0.15) is 5.10 Å². The predicted molar refractivity (Wildman–Crippen MR) is 139 cm³/mol. The Morgan fingerprint density at radius 2 is 1.97 bits per heavy atom. The lowest BCUT2D eigenvalue weighted by molar-refractivity contribution is 0.100. The fourth-order valence-electron chi connectivity index (χ4n) is 4.34. The van der Waals surface area contributed by atoms with Crippen LogP contribution < -0.4 is 15.5 Å². The molecule has 3 aromatic heterocycles. The number of ether oxygens (including phenoxy) is 1. The molecule has 5 aromatic rings. The molecule has 3 N–H and O–H groups in total. The molecule has 0 aliphatic carbocycles. The van der Waals surface area contributed by atoms with E-state index >= 15 is 0 Å². The summed E-state index contributed by atoms with van der Waals surface area (Å²) in [7, 11) is 1.97. The highest BCUT2D eigenvalue weighted by atomic mass is 32.1. The zero-order chi connectivity index (χ0) is 23.9. The van der Waals surface area contributed by atoms with Crippen LogP contribution in [0.3, 0.4) is 0 Å². The zero-order valence-electron chi connectivity index (χ0n) is 19.1. The first-order valence-corrected chi connectivity index (χ1v) is 12.1. The third kappa shape index (κ3) is 3.86. The number of nitrogens with one attached hydrogen (secondary N) is 1. The minimum atomic E-state index is -0.449. The highest BCUT2D eigenvalue weighted by Gasteiger charge is 2.22. The van der Waals surface area contributed by atoms with E-state index in [1.165, 1.54) is 0 Å². The van der Waals surface area contributed by atoms with E-state index in [4.69, 9.17) is 20.4 Å².